The second-order valence-corrected chi connectivity index (χ2v) is 2.42. The van der Waals surface area contributed by atoms with Crippen LogP contribution in [0.25, 0.3) is 0 Å². The molecule has 0 saturated heterocycles. The number of para-hydroxylation sites is 1. The first-order valence-electron chi connectivity index (χ1n) is 4.26. The molecule has 0 radical (unpaired) electrons. The predicted molar refractivity (Wildman–Crippen MR) is 54.1 cm³/mol. The van der Waals surface area contributed by atoms with Gasteiger partial charge in [-0.2, -0.15) is 4.79 Å². The van der Waals surface area contributed by atoms with Crippen molar-refractivity contribution >= 4 is 17.9 Å². The summed E-state index contributed by atoms with van der Waals surface area (Å²) in [7, 11) is 0. The Hall–Kier alpha value is -1.93. The minimum absolute atomic E-state index is 0.326. The van der Waals surface area contributed by atoms with Gasteiger partial charge in [0.05, 0.1) is 17.4 Å². The van der Waals surface area contributed by atoms with Crippen LogP contribution in [0.1, 0.15) is 6.92 Å². The number of nitrogens with one attached hydrogen (secondary N) is 1. The Morgan fingerprint density at radius 3 is 2.86 bits per heavy atom. The SMILES string of the molecule is CCOC(=O)[C+]=NNc1ccccc1. The van der Waals surface area contributed by atoms with Gasteiger partial charge in [-0.3, -0.25) is 0 Å². The number of hydrazone groups is 1. The molecule has 1 aromatic carbocycles. The second-order valence-electron chi connectivity index (χ2n) is 2.42. The summed E-state index contributed by atoms with van der Waals surface area (Å²) in [6.07, 6.45) is 2.18. The van der Waals surface area contributed by atoms with Gasteiger partial charge >= 0.3 is 12.2 Å². The van der Waals surface area contributed by atoms with Crippen molar-refractivity contribution < 1.29 is 9.53 Å². The lowest BCUT2D eigenvalue weighted by molar-refractivity contribution is -0.134. The van der Waals surface area contributed by atoms with Gasteiger partial charge in [-0.05, 0) is 19.1 Å². The van der Waals surface area contributed by atoms with Crippen LogP contribution >= 0.6 is 0 Å². The molecular formula is C10H11N2O2+. The fraction of sp³-hybridized carbons (Fsp3) is 0.200. The van der Waals surface area contributed by atoms with Crippen molar-refractivity contribution in [1.82, 2.24) is 0 Å². The number of esters is 1. The second kappa shape index (κ2) is 5.67. The number of nitrogens with zero attached hydrogens (tertiary/aromatic N) is 1. The van der Waals surface area contributed by atoms with E-state index in [1.165, 1.54) is 0 Å². The fourth-order valence-electron chi connectivity index (χ4n) is 0.814. The van der Waals surface area contributed by atoms with Crippen LogP contribution in [0.5, 0.6) is 0 Å². The van der Waals surface area contributed by atoms with Gasteiger partial charge in [0.1, 0.15) is 0 Å². The molecule has 14 heavy (non-hydrogen) atoms. The van der Waals surface area contributed by atoms with Gasteiger partial charge in [0.25, 0.3) is 0 Å². The number of anilines is 1. The highest BCUT2D eigenvalue weighted by Crippen LogP contribution is 2.03. The number of rotatable bonds is 4. The van der Waals surface area contributed by atoms with Gasteiger partial charge in [0.15, 0.2) is 0 Å². The van der Waals surface area contributed by atoms with Gasteiger partial charge in [-0.15, -0.1) is 0 Å². The smallest absolute Gasteiger partial charge is 0.420 e. The molecular weight excluding hydrogens is 180 g/mol. The van der Waals surface area contributed by atoms with Gasteiger partial charge in [0.2, 0.25) is 0 Å². The zero-order chi connectivity index (χ0) is 10.2. The maximum Gasteiger partial charge on any atom is 0.619 e. The zero-order valence-electron chi connectivity index (χ0n) is 7.86. The zero-order valence-corrected chi connectivity index (χ0v) is 7.86. The number of benzene rings is 1. The lowest BCUT2D eigenvalue weighted by Gasteiger charge is -1.91. The molecule has 1 N–H and O–H groups in total. The number of ether oxygens (including phenoxy) is 1. The third kappa shape index (κ3) is 3.65. The van der Waals surface area contributed by atoms with Crippen LogP contribution in [0.3, 0.4) is 0 Å². The molecule has 0 saturated carbocycles. The van der Waals surface area contributed by atoms with Crippen molar-refractivity contribution in [3.05, 3.63) is 30.3 Å². The molecule has 1 rings (SSSR count). The van der Waals surface area contributed by atoms with E-state index in [-0.39, 0.29) is 0 Å². The molecule has 4 nitrogen and oxygen atoms in total. The monoisotopic (exact) mass is 191 g/mol. The highest BCUT2D eigenvalue weighted by atomic mass is 16.5. The Morgan fingerprint density at radius 2 is 2.21 bits per heavy atom. The average molecular weight is 191 g/mol. The normalized spacial score (nSPS) is 9.50. The Balaban J connectivity index is 2.37. The van der Waals surface area contributed by atoms with Crippen LogP contribution in [0, 0.1) is 0 Å². The van der Waals surface area contributed by atoms with E-state index in [1.54, 1.807) is 6.92 Å². The van der Waals surface area contributed by atoms with Crippen molar-refractivity contribution in [2.45, 2.75) is 6.92 Å². The van der Waals surface area contributed by atoms with Crippen molar-refractivity contribution in [2.75, 3.05) is 12.0 Å². The van der Waals surface area contributed by atoms with E-state index >= 15 is 0 Å². The Bertz CT molecular complexity index is 309. The summed E-state index contributed by atoms with van der Waals surface area (Å²) in [6.45, 7) is 2.05. The Labute approximate surface area is 82.6 Å². The van der Waals surface area contributed by atoms with Crippen molar-refractivity contribution in [2.24, 2.45) is 5.10 Å². The lowest BCUT2D eigenvalue weighted by Crippen LogP contribution is -2.06. The Morgan fingerprint density at radius 1 is 1.50 bits per heavy atom. The van der Waals surface area contributed by atoms with E-state index in [4.69, 9.17) is 0 Å². The molecule has 0 spiro atoms. The van der Waals surface area contributed by atoms with Crippen LogP contribution in [0.15, 0.2) is 35.4 Å². The van der Waals surface area contributed by atoms with Crippen LogP contribution in [0.4, 0.5) is 5.69 Å². The summed E-state index contributed by atoms with van der Waals surface area (Å²) >= 11 is 0. The average Bonchev–Trinajstić information content (AvgIpc) is 2.20. The highest BCUT2D eigenvalue weighted by molar-refractivity contribution is 6.23. The van der Waals surface area contributed by atoms with E-state index in [0.717, 1.165) is 5.69 Å². The molecule has 0 heterocycles. The molecule has 0 bridgehead atoms. The minimum atomic E-state index is -0.573. The topological polar surface area (TPSA) is 50.7 Å². The van der Waals surface area contributed by atoms with Crippen molar-refractivity contribution in [1.29, 1.82) is 0 Å². The summed E-state index contributed by atoms with van der Waals surface area (Å²) in [6, 6.07) is 9.28. The fourth-order valence-corrected chi connectivity index (χ4v) is 0.814. The van der Waals surface area contributed by atoms with Crippen molar-refractivity contribution in [3.63, 3.8) is 0 Å². The van der Waals surface area contributed by atoms with Gasteiger partial charge in [-0.1, -0.05) is 18.2 Å². The third-order valence-electron chi connectivity index (χ3n) is 1.38. The maximum absolute atomic E-state index is 10.8. The Kier molecular flexibility index (Phi) is 4.11. The van der Waals surface area contributed by atoms with Crippen molar-refractivity contribution in [3.8, 4) is 0 Å². The van der Waals surface area contributed by atoms with Crippen LogP contribution in [-0.4, -0.2) is 18.8 Å². The molecule has 0 aliphatic carbocycles. The molecule has 4 heteroatoms. The highest BCUT2D eigenvalue weighted by Gasteiger charge is 2.15. The van der Waals surface area contributed by atoms with E-state index in [0.29, 0.717) is 6.61 Å². The van der Waals surface area contributed by atoms with E-state index in [9.17, 15) is 4.79 Å². The molecule has 0 atom stereocenters. The summed E-state index contributed by atoms with van der Waals surface area (Å²) < 4.78 is 4.60. The number of carbonyl (C=O) groups is 1. The first-order chi connectivity index (χ1) is 6.83. The summed E-state index contributed by atoms with van der Waals surface area (Å²) in [5, 5.41) is 3.59. The summed E-state index contributed by atoms with van der Waals surface area (Å²) in [5.74, 6) is -0.573. The molecule has 0 fully saturated rings. The predicted octanol–water partition coefficient (Wildman–Crippen LogP) is 1.52. The van der Waals surface area contributed by atoms with Crippen LogP contribution in [-0.2, 0) is 9.53 Å². The molecule has 0 aliphatic rings. The first-order valence-corrected chi connectivity index (χ1v) is 4.26. The maximum atomic E-state index is 10.8. The molecule has 72 valence electrons. The number of hydrogen-bond acceptors (Lipinski definition) is 4. The van der Waals surface area contributed by atoms with Gasteiger partial charge < -0.3 is 4.74 Å². The molecule has 0 aliphatic heterocycles. The summed E-state index contributed by atoms with van der Waals surface area (Å²) in [5.41, 5.74) is 3.44. The van der Waals surface area contributed by atoms with Crippen LogP contribution < -0.4 is 5.43 Å². The third-order valence-corrected chi connectivity index (χ3v) is 1.38. The molecule has 0 unspecified atom stereocenters. The van der Waals surface area contributed by atoms with Crippen LogP contribution in [0.2, 0.25) is 0 Å². The minimum Gasteiger partial charge on any atom is -0.420 e. The lowest BCUT2D eigenvalue weighted by atomic mass is 10.3. The number of carbonyl (C=O) groups excluding carboxylic acids is 1. The van der Waals surface area contributed by atoms with E-state index < -0.39 is 5.97 Å². The quantitative estimate of drug-likeness (QED) is 0.340. The van der Waals surface area contributed by atoms with Gasteiger partial charge in [0, 0.05) is 0 Å². The first kappa shape index (κ1) is 10.2. The molecule has 0 aromatic heterocycles. The summed E-state index contributed by atoms with van der Waals surface area (Å²) in [4.78, 5) is 10.8. The molecule has 0 amide bonds. The standard InChI is InChI=1S/C10H10N2O2/c1-2-14-10(13)8-11-12-9-6-4-3-5-7-9/h3-7H,2H2,1H3/p+1. The van der Waals surface area contributed by atoms with E-state index in [1.807, 2.05) is 30.3 Å². The molecule has 1 aromatic rings. The van der Waals surface area contributed by atoms with Gasteiger partial charge in [-0.25, -0.2) is 5.43 Å². The number of hydrogen-bond donors (Lipinski definition) is 1. The largest absolute Gasteiger partial charge is 0.619 e. The van der Waals surface area contributed by atoms with E-state index in [2.05, 4.69) is 21.5 Å².